The summed E-state index contributed by atoms with van der Waals surface area (Å²) in [5.74, 6) is 0.942. The molecule has 1 aliphatic heterocycles. The molecule has 26 heavy (non-hydrogen) atoms. The van der Waals surface area contributed by atoms with Crippen molar-refractivity contribution < 1.29 is 9.90 Å². The van der Waals surface area contributed by atoms with Crippen LogP contribution in [-0.2, 0) is 16.6 Å². The first-order chi connectivity index (χ1) is 12.4. The van der Waals surface area contributed by atoms with Crippen molar-refractivity contribution in [3.05, 3.63) is 35.4 Å². The van der Waals surface area contributed by atoms with Gasteiger partial charge in [-0.3, -0.25) is 4.79 Å². The van der Waals surface area contributed by atoms with Crippen molar-refractivity contribution in [2.75, 3.05) is 13.2 Å². The van der Waals surface area contributed by atoms with Crippen molar-refractivity contribution in [1.29, 1.82) is 0 Å². The quantitative estimate of drug-likeness (QED) is 0.873. The van der Waals surface area contributed by atoms with E-state index in [1.54, 1.807) is 0 Å². The SMILES string of the molecule is CC1(C)[C@H]2Cc3ccccc3[C@]1(C)CCN2C(=O)C1CCC(CO)CC1. The van der Waals surface area contributed by atoms with Crippen LogP contribution in [0.1, 0.15) is 64.0 Å². The lowest BCUT2D eigenvalue weighted by atomic mass is 9.51. The molecular weight excluding hydrogens is 322 g/mol. The molecule has 3 aliphatic rings. The zero-order valence-corrected chi connectivity index (χ0v) is 16.5. The highest BCUT2D eigenvalue weighted by Crippen LogP contribution is 2.56. The predicted octanol–water partition coefficient (Wildman–Crippen LogP) is 3.93. The minimum atomic E-state index is 0.0809. The van der Waals surface area contributed by atoms with Gasteiger partial charge in [-0.2, -0.15) is 0 Å². The van der Waals surface area contributed by atoms with E-state index in [1.165, 1.54) is 11.1 Å². The van der Waals surface area contributed by atoms with Crippen molar-refractivity contribution in [3.8, 4) is 0 Å². The summed E-state index contributed by atoms with van der Waals surface area (Å²) in [5.41, 5.74) is 3.15. The molecule has 1 amide bonds. The van der Waals surface area contributed by atoms with E-state index in [4.69, 9.17) is 0 Å². The maximum absolute atomic E-state index is 13.4. The Balaban J connectivity index is 1.61. The summed E-state index contributed by atoms with van der Waals surface area (Å²) in [6.07, 6.45) is 5.91. The number of hydrogen-bond donors (Lipinski definition) is 1. The minimum Gasteiger partial charge on any atom is -0.396 e. The Labute approximate surface area is 157 Å². The lowest BCUT2D eigenvalue weighted by Crippen LogP contribution is -2.65. The second-order valence-corrected chi connectivity index (χ2v) is 9.61. The van der Waals surface area contributed by atoms with Gasteiger partial charge in [0.1, 0.15) is 0 Å². The summed E-state index contributed by atoms with van der Waals surface area (Å²) in [7, 11) is 0. The minimum absolute atomic E-state index is 0.0809. The number of amides is 1. The Morgan fingerprint density at radius 3 is 2.54 bits per heavy atom. The standard InChI is InChI=1S/C23H33NO2/c1-22(2)20-14-18-6-4-5-7-19(18)23(22,3)12-13-24(20)21(26)17-10-8-16(15-25)9-11-17/h4-7,16-17,20,25H,8-15H2,1-3H3/t16?,17?,20-,23+/m1/s1. The van der Waals surface area contributed by atoms with E-state index in [-0.39, 0.29) is 23.4 Å². The molecule has 2 atom stereocenters. The average Bonchev–Trinajstić information content (AvgIpc) is 2.64. The van der Waals surface area contributed by atoms with Crippen LogP contribution in [0.4, 0.5) is 0 Å². The molecule has 0 radical (unpaired) electrons. The fraction of sp³-hybridized carbons (Fsp3) is 0.696. The van der Waals surface area contributed by atoms with E-state index in [2.05, 4.69) is 49.9 Å². The van der Waals surface area contributed by atoms with Gasteiger partial charge in [0.2, 0.25) is 5.91 Å². The summed E-state index contributed by atoms with van der Waals surface area (Å²) in [5, 5.41) is 9.38. The Morgan fingerprint density at radius 2 is 1.85 bits per heavy atom. The molecule has 3 nitrogen and oxygen atoms in total. The van der Waals surface area contributed by atoms with Gasteiger partial charge in [-0.05, 0) is 61.0 Å². The number of aliphatic hydroxyl groups is 1. The van der Waals surface area contributed by atoms with Crippen LogP contribution in [0.3, 0.4) is 0 Å². The zero-order chi connectivity index (χ0) is 18.5. The maximum atomic E-state index is 13.4. The van der Waals surface area contributed by atoms with E-state index < -0.39 is 0 Å². The Hall–Kier alpha value is -1.35. The number of carbonyl (C=O) groups is 1. The molecular formula is C23H33NO2. The Bertz CT molecular complexity index is 689. The van der Waals surface area contributed by atoms with Crippen molar-refractivity contribution in [2.24, 2.45) is 17.3 Å². The molecule has 2 bridgehead atoms. The molecule has 1 aromatic rings. The number of carbonyl (C=O) groups excluding carboxylic acids is 1. The maximum Gasteiger partial charge on any atom is 0.225 e. The number of fused-ring (bicyclic) bond motifs is 4. The van der Waals surface area contributed by atoms with Crippen LogP contribution in [0.2, 0.25) is 0 Å². The van der Waals surface area contributed by atoms with Gasteiger partial charge >= 0.3 is 0 Å². The van der Waals surface area contributed by atoms with Crippen molar-refractivity contribution in [1.82, 2.24) is 4.90 Å². The number of likely N-dealkylation sites (tertiary alicyclic amines) is 1. The highest BCUT2D eigenvalue weighted by Gasteiger charge is 2.57. The van der Waals surface area contributed by atoms with Crippen LogP contribution in [0.25, 0.3) is 0 Å². The third kappa shape index (κ3) is 2.54. The van der Waals surface area contributed by atoms with E-state index in [0.717, 1.165) is 45.1 Å². The first-order valence-electron chi connectivity index (χ1n) is 10.4. The normalized spacial score (nSPS) is 35.7. The Kier molecular flexibility index (Phi) is 4.42. The summed E-state index contributed by atoms with van der Waals surface area (Å²) in [6.45, 7) is 8.31. The molecule has 4 rings (SSSR count). The van der Waals surface area contributed by atoms with Gasteiger partial charge in [0, 0.05) is 30.5 Å². The van der Waals surface area contributed by atoms with Gasteiger partial charge in [-0.25, -0.2) is 0 Å². The van der Waals surface area contributed by atoms with Gasteiger partial charge in [-0.15, -0.1) is 0 Å². The molecule has 1 saturated heterocycles. The Morgan fingerprint density at radius 1 is 1.15 bits per heavy atom. The molecule has 142 valence electrons. The number of piperidine rings is 1. The topological polar surface area (TPSA) is 40.5 Å². The molecule has 0 aromatic heterocycles. The monoisotopic (exact) mass is 355 g/mol. The highest BCUT2D eigenvalue weighted by molar-refractivity contribution is 5.80. The van der Waals surface area contributed by atoms with E-state index in [9.17, 15) is 9.90 Å². The third-order valence-corrected chi connectivity index (χ3v) is 8.25. The largest absolute Gasteiger partial charge is 0.396 e. The zero-order valence-electron chi connectivity index (χ0n) is 16.5. The molecule has 0 spiro atoms. The van der Waals surface area contributed by atoms with Gasteiger partial charge in [-0.1, -0.05) is 45.0 Å². The number of aliphatic hydroxyl groups excluding tert-OH is 1. The van der Waals surface area contributed by atoms with Crippen LogP contribution in [0.5, 0.6) is 0 Å². The molecule has 1 heterocycles. The fourth-order valence-electron chi connectivity index (χ4n) is 5.96. The fourth-order valence-corrected chi connectivity index (χ4v) is 5.96. The van der Waals surface area contributed by atoms with E-state index in [0.29, 0.717) is 17.9 Å². The summed E-state index contributed by atoms with van der Waals surface area (Å²) in [4.78, 5) is 15.7. The summed E-state index contributed by atoms with van der Waals surface area (Å²) in [6, 6.07) is 9.16. The highest BCUT2D eigenvalue weighted by atomic mass is 16.3. The lowest BCUT2D eigenvalue weighted by Gasteiger charge is -2.61. The molecule has 0 unspecified atom stereocenters. The average molecular weight is 356 g/mol. The van der Waals surface area contributed by atoms with Gasteiger partial charge in [0.05, 0.1) is 0 Å². The second kappa shape index (κ2) is 6.37. The summed E-state index contributed by atoms with van der Waals surface area (Å²) >= 11 is 0. The third-order valence-electron chi connectivity index (χ3n) is 8.25. The molecule has 2 aliphatic carbocycles. The van der Waals surface area contributed by atoms with Crippen molar-refractivity contribution in [2.45, 2.75) is 70.8 Å². The van der Waals surface area contributed by atoms with Gasteiger partial charge in [0.25, 0.3) is 0 Å². The molecule has 1 aromatic carbocycles. The number of benzene rings is 1. The molecule has 1 saturated carbocycles. The van der Waals surface area contributed by atoms with Crippen LogP contribution in [-0.4, -0.2) is 35.1 Å². The second-order valence-electron chi connectivity index (χ2n) is 9.61. The predicted molar refractivity (Wildman–Crippen MR) is 104 cm³/mol. The van der Waals surface area contributed by atoms with Crippen LogP contribution in [0, 0.1) is 17.3 Å². The van der Waals surface area contributed by atoms with Gasteiger partial charge in [0.15, 0.2) is 0 Å². The molecule has 3 heteroatoms. The first kappa shape index (κ1) is 18.0. The summed E-state index contributed by atoms with van der Waals surface area (Å²) < 4.78 is 0. The first-order valence-corrected chi connectivity index (χ1v) is 10.4. The number of hydrogen-bond acceptors (Lipinski definition) is 2. The van der Waals surface area contributed by atoms with Gasteiger partial charge < -0.3 is 10.0 Å². The number of rotatable bonds is 2. The number of nitrogens with zero attached hydrogens (tertiary/aromatic N) is 1. The van der Waals surface area contributed by atoms with Crippen LogP contribution in [0.15, 0.2) is 24.3 Å². The van der Waals surface area contributed by atoms with Crippen LogP contribution < -0.4 is 0 Å². The molecule has 1 N–H and O–H groups in total. The lowest BCUT2D eigenvalue weighted by molar-refractivity contribution is -0.149. The van der Waals surface area contributed by atoms with Crippen LogP contribution >= 0.6 is 0 Å². The smallest absolute Gasteiger partial charge is 0.225 e. The van der Waals surface area contributed by atoms with E-state index in [1.807, 2.05) is 0 Å². The van der Waals surface area contributed by atoms with Crippen molar-refractivity contribution >= 4 is 5.91 Å². The van der Waals surface area contributed by atoms with E-state index >= 15 is 0 Å². The molecule has 2 fully saturated rings. The van der Waals surface area contributed by atoms with Crippen molar-refractivity contribution in [3.63, 3.8) is 0 Å².